The van der Waals surface area contributed by atoms with Gasteiger partial charge in [-0.15, -0.1) is 0 Å². The highest BCUT2D eigenvalue weighted by Crippen LogP contribution is 2.21. The molecule has 0 radical (unpaired) electrons. The highest BCUT2D eigenvalue weighted by Gasteiger charge is 2.18. The molecule has 24 heavy (non-hydrogen) atoms. The molecule has 0 heterocycles. The molecule has 1 amide bonds. The van der Waals surface area contributed by atoms with Gasteiger partial charge in [-0.25, -0.2) is 4.39 Å². The first-order valence-electron chi connectivity index (χ1n) is 7.53. The number of carbonyl (C=O) groups is 1. The monoisotopic (exact) mass is 333 g/mol. The number of halogens is 1. The van der Waals surface area contributed by atoms with Crippen LogP contribution >= 0.6 is 0 Å². The lowest BCUT2D eigenvalue weighted by atomic mass is 10.0. The highest BCUT2D eigenvalue weighted by atomic mass is 19.1. The van der Waals surface area contributed by atoms with E-state index in [1.807, 2.05) is 0 Å². The van der Waals surface area contributed by atoms with Crippen LogP contribution in [0.4, 0.5) is 4.39 Å². The van der Waals surface area contributed by atoms with Crippen molar-refractivity contribution in [3.63, 3.8) is 0 Å². The average molecular weight is 333 g/mol. The van der Waals surface area contributed by atoms with E-state index < -0.39 is 12.2 Å². The molecule has 0 aliphatic rings. The average Bonchev–Trinajstić information content (AvgIpc) is 2.57. The Bertz CT molecular complexity index is 675. The van der Waals surface area contributed by atoms with E-state index in [-0.39, 0.29) is 24.9 Å². The Morgan fingerprint density at radius 3 is 2.54 bits per heavy atom. The molecule has 0 aromatic heterocycles. The molecule has 2 aromatic carbocycles. The third kappa shape index (κ3) is 5.33. The van der Waals surface area contributed by atoms with Crippen LogP contribution in [0, 0.1) is 5.82 Å². The molecule has 0 aliphatic heterocycles. The minimum absolute atomic E-state index is 0.0334. The second kappa shape index (κ2) is 8.42. The Morgan fingerprint density at radius 2 is 1.92 bits per heavy atom. The van der Waals surface area contributed by atoms with Crippen molar-refractivity contribution in [2.45, 2.75) is 25.7 Å². The van der Waals surface area contributed by atoms with E-state index in [1.165, 1.54) is 19.1 Å². The van der Waals surface area contributed by atoms with Crippen molar-refractivity contribution in [2.75, 3.05) is 6.54 Å². The Morgan fingerprint density at radius 1 is 1.21 bits per heavy atom. The molecular weight excluding hydrogens is 313 g/mol. The molecule has 128 valence electrons. The minimum atomic E-state index is -1.12. The van der Waals surface area contributed by atoms with E-state index in [4.69, 9.17) is 4.74 Å². The summed E-state index contributed by atoms with van der Waals surface area (Å²) >= 11 is 0. The maximum absolute atomic E-state index is 13.1. The number of benzene rings is 2. The summed E-state index contributed by atoms with van der Waals surface area (Å²) in [6, 6.07) is 12.7. The SMILES string of the molecule is CC(=O)NCC(O)C(O)c1ccc(OCc2cccc(F)c2)cc1. The second-order valence-electron chi connectivity index (χ2n) is 5.44. The summed E-state index contributed by atoms with van der Waals surface area (Å²) in [6.45, 7) is 1.53. The molecule has 0 saturated carbocycles. The van der Waals surface area contributed by atoms with Crippen LogP contribution in [0.2, 0.25) is 0 Å². The van der Waals surface area contributed by atoms with Crippen molar-refractivity contribution in [1.29, 1.82) is 0 Å². The number of aliphatic hydroxyl groups is 2. The third-order valence-corrected chi connectivity index (χ3v) is 3.44. The van der Waals surface area contributed by atoms with Crippen molar-refractivity contribution in [1.82, 2.24) is 5.32 Å². The fraction of sp³-hybridized carbons (Fsp3) is 0.278. The number of hydrogen-bond donors (Lipinski definition) is 3. The van der Waals surface area contributed by atoms with Crippen LogP contribution in [0.5, 0.6) is 5.75 Å². The summed E-state index contributed by atoms with van der Waals surface area (Å²) in [6.07, 6.45) is -2.22. The maximum Gasteiger partial charge on any atom is 0.216 e. The Hall–Kier alpha value is -2.44. The Balaban J connectivity index is 1.91. The zero-order chi connectivity index (χ0) is 17.5. The molecule has 6 heteroatoms. The predicted octanol–water partition coefficient (Wildman–Crippen LogP) is 1.94. The quantitative estimate of drug-likeness (QED) is 0.723. The van der Waals surface area contributed by atoms with Crippen LogP contribution in [0.1, 0.15) is 24.2 Å². The molecule has 0 fully saturated rings. The van der Waals surface area contributed by atoms with Gasteiger partial charge in [-0.2, -0.15) is 0 Å². The van der Waals surface area contributed by atoms with Gasteiger partial charge in [0.05, 0.1) is 0 Å². The van der Waals surface area contributed by atoms with Gasteiger partial charge in [-0.1, -0.05) is 24.3 Å². The van der Waals surface area contributed by atoms with Crippen LogP contribution in [-0.2, 0) is 11.4 Å². The second-order valence-corrected chi connectivity index (χ2v) is 5.44. The fourth-order valence-corrected chi connectivity index (χ4v) is 2.14. The van der Waals surface area contributed by atoms with Crippen molar-refractivity contribution in [3.05, 3.63) is 65.5 Å². The van der Waals surface area contributed by atoms with Gasteiger partial charge in [0.15, 0.2) is 0 Å². The van der Waals surface area contributed by atoms with E-state index in [0.717, 1.165) is 0 Å². The van der Waals surface area contributed by atoms with Crippen molar-refractivity contribution < 1.29 is 24.1 Å². The fourth-order valence-electron chi connectivity index (χ4n) is 2.14. The van der Waals surface area contributed by atoms with Crippen LogP contribution in [0.25, 0.3) is 0 Å². The van der Waals surface area contributed by atoms with Crippen molar-refractivity contribution in [3.8, 4) is 5.75 Å². The Kier molecular flexibility index (Phi) is 6.28. The predicted molar refractivity (Wildman–Crippen MR) is 86.8 cm³/mol. The minimum Gasteiger partial charge on any atom is -0.489 e. The van der Waals surface area contributed by atoms with E-state index in [1.54, 1.807) is 36.4 Å². The van der Waals surface area contributed by atoms with Crippen LogP contribution in [0.15, 0.2) is 48.5 Å². The first-order valence-corrected chi connectivity index (χ1v) is 7.53. The van der Waals surface area contributed by atoms with Crippen LogP contribution in [-0.4, -0.2) is 28.8 Å². The van der Waals surface area contributed by atoms with E-state index in [9.17, 15) is 19.4 Å². The summed E-state index contributed by atoms with van der Waals surface area (Å²) in [7, 11) is 0. The number of rotatable bonds is 7. The molecule has 0 saturated heterocycles. The van der Waals surface area contributed by atoms with Gasteiger partial charge < -0.3 is 20.3 Å². The van der Waals surface area contributed by atoms with Crippen LogP contribution < -0.4 is 10.1 Å². The van der Waals surface area contributed by atoms with Gasteiger partial charge in [0, 0.05) is 13.5 Å². The molecule has 5 nitrogen and oxygen atoms in total. The van der Waals surface area contributed by atoms with Crippen LogP contribution in [0.3, 0.4) is 0 Å². The number of hydrogen-bond acceptors (Lipinski definition) is 4. The number of nitrogens with one attached hydrogen (secondary N) is 1. The van der Waals surface area contributed by atoms with Gasteiger partial charge in [0.2, 0.25) is 5.91 Å². The normalized spacial score (nSPS) is 13.2. The lowest BCUT2D eigenvalue weighted by molar-refractivity contribution is -0.119. The lowest BCUT2D eigenvalue weighted by Gasteiger charge is -2.18. The maximum atomic E-state index is 13.1. The zero-order valence-electron chi connectivity index (χ0n) is 13.3. The molecule has 0 bridgehead atoms. The van der Waals surface area contributed by atoms with E-state index in [2.05, 4.69) is 5.32 Å². The van der Waals surface area contributed by atoms with Gasteiger partial charge in [0.25, 0.3) is 0 Å². The first-order chi connectivity index (χ1) is 11.5. The summed E-state index contributed by atoms with van der Waals surface area (Å²) in [5.41, 5.74) is 1.22. The number of carbonyl (C=O) groups excluding carboxylic acids is 1. The standard InChI is InChI=1S/C18H20FNO4/c1-12(21)20-10-17(22)18(23)14-5-7-16(8-6-14)24-11-13-3-2-4-15(19)9-13/h2-9,17-18,22-23H,10-11H2,1H3,(H,20,21). The molecular formula is C18H20FNO4. The molecule has 2 unspecified atom stereocenters. The first kappa shape index (κ1) is 17.9. The highest BCUT2D eigenvalue weighted by molar-refractivity contribution is 5.72. The van der Waals surface area contributed by atoms with E-state index in [0.29, 0.717) is 16.9 Å². The number of aliphatic hydroxyl groups excluding tert-OH is 2. The van der Waals surface area contributed by atoms with Gasteiger partial charge in [0.1, 0.15) is 30.4 Å². The molecule has 2 aromatic rings. The number of ether oxygens (including phenoxy) is 1. The topological polar surface area (TPSA) is 78.8 Å². The summed E-state index contributed by atoms with van der Waals surface area (Å²) < 4.78 is 18.6. The lowest BCUT2D eigenvalue weighted by Crippen LogP contribution is -2.34. The smallest absolute Gasteiger partial charge is 0.216 e. The summed E-state index contributed by atoms with van der Waals surface area (Å²) in [5, 5.41) is 22.3. The van der Waals surface area contributed by atoms with Gasteiger partial charge in [-0.3, -0.25) is 4.79 Å². The molecule has 0 spiro atoms. The van der Waals surface area contributed by atoms with Gasteiger partial charge >= 0.3 is 0 Å². The molecule has 0 aliphatic carbocycles. The van der Waals surface area contributed by atoms with Gasteiger partial charge in [-0.05, 0) is 35.4 Å². The summed E-state index contributed by atoms with van der Waals surface area (Å²) in [4.78, 5) is 10.8. The number of amides is 1. The van der Waals surface area contributed by atoms with Crippen molar-refractivity contribution >= 4 is 5.91 Å². The molecule has 2 rings (SSSR count). The molecule has 3 N–H and O–H groups in total. The molecule has 2 atom stereocenters. The van der Waals surface area contributed by atoms with E-state index >= 15 is 0 Å². The summed E-state index contributed by atoms with van der Waals surface area (Å²) in [5.74, 6) is -0.0309. The van der Waals surface area contributed by atoms with Crippen molar-refractivity contribution in [2.24, 2.45) is 0 Å². The third-order valence-electron chi connectivity index (χ3n) is 3.44. The Labute approximate surface area is 139 Å². The zero-order valence-corrected chi connectivity index (χ0v) is 13.3. The largest absolute Gasteiger partial charge is 0.489 e.